The van der Waals surface area contributed by atoms with E-state index in [-0.39, 0.29) is 16.7 Å². The third kappa shape index (κ3) is 3.44. The molecule has 0 fully saturated rings. The zero-order valence-electron chi connectivity index (χ0n) is 13.8. The molecular weight excluding hydrogens is 300 g/mol. The summed E-state index contributed by atoms with van der Waals surface area (Å²) in [6.07, 6.45) is 0. The molecule has 24 heavy (non-hydrogen) atoms. The second-order valence-corrected chi connectivity index (χ2v) is 6.12. The Morgan fingerprint density at radius 2 is 1.75 bits per heavy atom. The van der Waals surface area contributed by atoms with Gasteiger partial charge in [0.2, 0.25) is 0 Å². The first kappa shape index (κ1) is 16.1. The molecule has 3 rings (SSSR count). The van der Waals surface area contributed by atoms with Crippen molar-refractivity contribution in [2.45, 2.75) is 19.5 Å². The summed E-state index contributed by atoms with van der Waals surface area (Å²) in [5.74, 6) is 0. The summed E-state index contributed by atoms with van der Waals surface area (Å²) in [4.78, 5) is 12.8. The fourth-order valence-corrected chi connectivity index (χ4v) is 2.91. The summed E-state index contributed by atoms with van der Waals surface area (Å²) >= 11 is 0. The lowest BCUT2D eigenvalue weighted by Crippen LogP contribution is -2.22. The number of nitro groups is 1. The van der Waals surface area contributed by atoms with Crippen molar-refractivity contribution in [1.82, 2.24) is 4.90 Å². The summed E-state index contributed by atoms with van der Waals surface area (Å²) in [5.41, 5.74) is 2.32. The predicted octanol–water partition coefficient (Wildman–Crippen LogP) is 4.94. The Morgan fingerprint density at radius 1 is 1.00 bits per heavy atom. The number of nitro benzene ring substituents is 1. The molecule has 0 saturated heterocycles. The van der Waals surface area contributed by atoms with Crippen LogP contribution in [0.25, 0.3) is 10.8 Å². The molecule has 0 aliphatic heterocycles. The van der Waals surface area contributed by atoms with E-state index >= 15 is 0 Å². The van der Waals surface area contributed by atoms with Crippen LogP contribution in [-0.2, 0) is 6.54 Å². The van der Waals surface area contributed by atoms with Crippen molar-refractivity contribution in [2.24, 2.45) is 0 Å². The minimum absolute atomic E-state index is 0.0939. The molecule has 0 radical (unpaired) electrons. The summed E-state index contributed by atoms with van der Waals surface area (Å²) < 4.78 is 0. The SMILES string of the molecule is CC(c1cccc([N+](=O)[O-])c1)N(C)Cc1ccc2ccccc2c1. The van der Waals surface area contributed by atoms with E-state index in [1.54, 1.807) is 12.1 Å². The molecule has 0 aromatic heterocycles. The topological polar surface area (TPSA) is 46.4 Å². The van der Waals surface area contributed by atoms with Crippen molar-refractivity contribution < 1.29 is 4.92 Å². The van der Waals surface area contributed by atoms with Gasteiger partial charge in [-0.3, -0.25) is 15.0 Å². The van der Waals surface area contributed by atoms with Crippen LogP contribution >= 0.6 is 0 Å². The van der Waals surface area contributed by atoms with Crippen LogP contribution in [0.1, 0.15) is 24.1 Å². The zero-order valence-corrected chi connectivity index (χ0v) is 13.8. The van der Waals surface area contributed by atoms with Crippen LogP contribution < -0.4 is 0 Å². The number of non-ortho nitro benzene ring substituents is 1. The maximum atomic E-state index is 11.0. The fraction of sp³-hybridized carbons (Fsp3) is 0.200. The molecule has 0 bridgehead atoms. The average molecular weight is 320 g/mol. The number of rotatable bonds is 5. The van der Waals surface area contributed by atoms with Gasteiger partial charge in [0.15, 0.2) is 0 Å². The molecular formula is C20H20N2O2. The molecule has 0 aliphatic carbocycles. The second kappa shape index (κ2) is 6.81. The van der Waals surface area contributed by atoms with E-state index in [2.05, 4.69) is 42.2 Å². The van der Waals surface area contributed by atoms with Crippen LogP contribution in [0.5, 0.6) is 0 Å². The number of benzene rings is 3. The maximum Gasteiger partial charge on any atom is 0.269 e. The molecule has 0 spiro atoms. The van der Waals surface area contributed by atoms with E-state index in [1.165, 1.54) is 22.4 Å². The number of hydrogen-bond donors (Lipinski definition) is 0. The van der Waals surface area contributed by atoms with Gasteiger partial charge in [-0.05, 0) is 41.9 Å². The highest BCUT2D eigenvalue weighted by Gasteiger charge is 2.15. The first-order chi connectivity index (χ1) is 11.5. The first-order valence-electron chi connectivity index (χ1n) is 7.97. The van der Waals surface area contributed by atoms with Crippen molar-refractivity contribution in [2.75, 3.05) is 7.05 Å². The number of fused-ring (bicyclic) bond motifs is 1. The van der Waals surface area contributed by atoms with Gasteiger partial charge in [-0.2, -0.15) is 0 Å². The lowest BCUT2D eigenvalue weighted by molar-refractivity contribution is -0.384. The minimum atomic E-state index is -0.348. The third-order valence-electron chi connectivity index (χ3n) is 4.47. The Hall–Kier alpha value is -2.72. The van der Waals surface area contributed by atoms with Crippen molar-refractivity contribution in [3.8, 4) is 0 Å². The Labute approximate surface area is 141 Å². The first-order valence-corrected chi connectivity index (χ1v) is 7.97. The van der Waals surface area contributed by atoms with E-state index in [0.717, 1.165) is 12.1 Å². The van der Waals surface area contributed by atoms with Crippen molar-refractivity contribution in [3.05, 3.63) is 88.0 Å². The van der Waals surface area contributed by atoms with Gasteiger partial charge in [0.05, 0.1) is 4.92 Å². The van der Waals surface area contributed by atoms with E-state index < -0.39 is 0 Å². The quantitative estimate of drug-likeness (QED) is 0.494. The molecule has 4 heteroatoms. The Bertz CT molecular complexity index is 876. The molecule has 1 unspecified atom stereocenters. The Balaban J connectivity index is 1.78. The van der Waals surface area contributed by atoms with Crippen LogP contribution in [0.2, 0.25) is 0 Å². The van der Waals surface area contributed by atoms with E-state index in [9.17, 15) is 10.1 Å². The largest absolute Gasteiger partial charge is 0.295 e. The average Bonchev–Trinajstić information content (AvgIpc) is 2.61. The predicted molar refractivity (Wildman–Crippen MR) is 96.9 cm³/mol. The second-order valence-electron chi connectivity index (χ2n) is 6.12. The van der Waals surface area contributed by atoms with Gasteiger partial charge < -0.3 is 0 Å². The van der Waals surface area contributed by atoms with Gasteiger partial charge in [0.25, 0.3) is 5.69 Å². The number of nitrogens with zero attached hydrogens (tertiary/aromatic N) is 2. The summed E-state index contributed by atoms with van der Waals surface area (Å²) in [6.45, 7) is 2.86. The smallest absolute Gasteiger partial charge is 0.269 e. The normalized spacial score (nSPS) is 12.5. The molecule has 0 amide bonds. The minimum Gasteiger partial charge on any atom is -0.295 e. The van der Waals surface area contributed by atoms with Crippen molar-refractivity contribution in [3.63, 3.8) is 0 Å². The van der Waals surface area contributed by atoms with Crippen LogP contribution in [0.4, 0.5) is 5.69 Å². The van der Waals surface area contributed by atoms with E-state index in [4.69, 9.17) is 0 Å². The highest BCUT2D eigenvalue weighted by Crippen LogP contribution is 2.25. The number of hydrogen-bond acceptors (Lipinski definition) is 3. The lowest BCUT2D eigenvalue weighted by Gasteiger charge is -2.25. The van der Waals surface area contributed by atoms with Gasteiger partial charge in [0, 0.05) is 24.7 Å². The summed E-state index contributed by atoms with van der Waals surface area (Å²) in [7, 11) is 2.04. The monoisotopic (exact) mass is 320 g/mol. The van der Waals surface area contributed by atoms with Crippen molar-refractivity contribution >= 4 is 16.5 Å². The van der Waals surface area contributed by atoms with Gasteiger partial charge in [0.1, 0.15) is 0 Å². The van der Waals surface area contributed by atoms with E-state index in [1.807, 2.05) is 25.2 Å². The highest BCUT2D eigenvalue weighted by atomic mass is 16.6. The Kier molecular flexibility index (Phi) is 4.58. The molecule has 0 N–H and O–H groups in total. The molecule has 3 aromatic carbocycles. The molecule has 3 aromatic rings. The molecule has 0 saturated carbocycles. The van der Waals surface area contributed by atoms with Crippen LogP contribution in [-0.4, -0.2) is 16.9 Å². The zero-order chi connectivity index (χ0) is 17.1. The van der Waals surface area contributed by atoms with Gasteiger partial charge in [-0.15, -0.1) is 0 Å². The van der Waals surface area contributed by atoms with Crippen LogP contribution in [0, 0.1) is 10.1 Å². The molecule has 4 nitrogen and oxygen atoms in total. The molecule has 1 atom stereocenters. The van der Waals surface area contributed by atoms with Gasteiger partial charge in [-0.1, -0.05) is 48.5 Å². The molecule has 0 aliphatic rings. The summed E-state index contributed by atoms with van der Waals surface area (Å²) in [6, 6.07) is 21.7. The lowest BCUT2D eigenvalue weighted by atomic mass is 10.0. The highest BCUT2D eigenvalue weighted by molar-refractivity contribution is 5.82. The van der Waals surface area contributed by atoms with E-state index in [0.29, 0.717) is 0 Å². The van der Waals surface area contributed by atoms with Crippen LogP contribution in [0.3, 0.4) is 0 Å². The maximum absolute atomic E-state index is 11.0. The van der Waals surface area contributed by atoms with Gasteiger partial charge >= 0.3 is 0 Å². The summed E-state index contributed by atoms with van der Waals surface area (Å²) in [5, 5.41) is 13.4. The van der Waals surface area contributed by atoms with Crippen LogP contribution in [0.15, 0.2) is 66.7 Å². The molecule has 122 valence electrons. The van der Waals surface area contributed by atoms with Crippen molar-refractivity contribution in [1.29, 1.82) is 0 Å². The standard InChI is InChI=1S/C20H20N2O2/c1-15(18-8-5-9-20(13-18)22(23)24)21(2)14-16-10-11-17-6-3-4-7-19(17)12-16/h3-13,15H,14H2,1-2H3. The Morgan fingerprint density at radius 3 is 2.50 bits per heavy atom. The van der Waals surface area contributed by atoms with Gasteiger partial charge in [-0.25, -0.2) is 0 Å². The molecule has 0 heterocycles. The third-order valence-corrected chi connectivity index (χ3v) is 4.47. The fourth-order valence-electron chi connectivity index (χ4n) is 2.91.